The van der Waals surface area contributed by atoms with Crippen LogP contribution in [0.5, 0.6) is 0 Å². The third-order valence-electron chi connectivity index (χ3n) is 12.5. The van der Waals surface area contributed by atoms with Crippen molar-refractivity contribution in [2.75, 3.05) is 9.80 Å². The molecule has 1 aliphatic rings. The average molecular weight is 1060 g/mol. The van der Waals surface area contributed by atoms with Gasteiger partial charge in [-0.2, -0.15) is 47.0 Å². The Bertz CT molecular complexity index is 3950. The summed E-state index contributed by atoms with van der Waals surface area (Å²) in [7, 11) is 0. The molecule has 0 unspecified atom stereocenters. The molecule has 0 saturated heterocycles. The molecule has 0 fully saturated rings. The van der Waals surface area contributed by atoms with Crippen LogP contribution in [0.1, 0.15) is 78.9 Å². The summed E-state index contributed by atoms with van der Waals surface area (Å²) in [5, 5.41) is 1.84. The summed E-state index contributed by atoms with van der Waals surface area (Å²) >= 11 is 0. The van der Waals surface area contributed by atoms with E-state index in [0.717, 1.165) is 33.0 Å². The van der Waals surface area contributed by atoms with E-state index < -0.39 is 72.2 Å². The maximum atomic E-state index is 10.1. The van der Waals surface area contributed by atoms with E-state index in [1.54, 1.807) is 41.9 Å². The predicted octanol–water partition coefficient (Wildman–Crippen LogP) is 15.7. The largest absolute Gasteiger partial charge is 0.493 e. The Hall–Kier alpha value is -7.00. The average Bonchev–Trinajstić information content (AvgIpc) is 4.24. The fraction of sp³-hybridized carbons (Fsp3) is 0.129. The first kappa shape index (κ1) is 31.8. The summed E-state index contributed by atoms with van der Waals surface area (Å²) < 4.78 is 110. The van der Waals surface area contributed by atoms with Crippen LogP contribution in [0.25, 0.3) is 49.9 Å². The van der Waals surface area contributed by atoms with Gasteiger partial charge in [-0.15, -0.1) is 23.8 Å². The summed E-state index contributed by atoms with van der Waals surface area (Å²) in [6.45, 7) is 12.2. The molecule has 67 heavy (non-hydrogen) atoms. The number of fused-ring (bicyclic) bond motifs is 4. The molecule has 0 atom stereocenters. The molecular weight excluding hydrogens is 996 g/mol. The zero-order chi connectivity index (χ0) is 55.5. The molecule has 0 spiro atoms. The van der Waals surface area contributed by atoms with Crippen LogP contribution in [0.4, 0.5) is 22.7 Å². The standard InChI is InChI=1S/C62H51N4.Pt/c1-61(2,3)49-37-44(36-43-32-33-54-53-26-15-16-29-55(53)66(58(54)39-43)59-41-48(34-35-63-59)62(4,5)47-24-13-8-14-25-47)38-50(40-49)64-42-65(57-31-18-17-30-56(57)64)60-51(45-20-9-6-10-21-45)27-19-28-52(60)46-22-11-7-12-23-46;/h6-35,37,40-42H,36H2,1-5H3;/q-3;/i6D,7D,9D,10D,11D,12D,20D,21D,22D,23D,36D2;. The summed E-state index contributed by atoms with van der Waals surface area (Å²) in [5.41, 5.74) is 5.85. The van der Waals surface area contributed by atoms with Gasteiger partial charge in [-0.25, -0.2) is 4.98 Å². The van der Waals surface area contributed by atoms with Gasteiger partial charge in [-0.1, -0.05) is 179 Å². The Morgan fingerprint density at radius 1 is 0.582 bits per heavy atom. The fourth-order valence-electron chi connectivity index (χ4n) is 8.94. The number of hydrogen-bond acceptors (Lipinski definition) is 3. The number of hydrogen-bond donors (Lipinski definition) is 0. The van der Waals surface area contributed by atoms with Crippen molar-refractivity contribution in [3.63, 3.8) is 0 Å². The Balaban J connectivity index is 0.00000704. The van der Waals surface area contributed by atoms with Crippen molar-refractivity contribution in [1.29, 1.82) is 0 Å². The molecule has 0 radical (unpaired) electrons. The van der Waals surface area contributed by atoms with Crippen molar-refractivity contribution >= 4 is 44.6 Å². The summed E-state index contributed by atoms with van der Waals surface area (Å²) in [5.74, 6) is 0.663. The Labute approximate surface area is 426 Å². The minimum atomic E-state index is -2.20. The minimum Gasteiger partial charge on any atom is -0.493 e. The van der Waals surface area contributed by atoms with Gasteiger partial charge in [-0.05, 0) is 69.8 Å². The van der Waals surface area contributed by atoms with Crippen molar-refractivity contribution in [2.45, 2.75) is 51.8 Å². The molecule has 1 aliphatic heterocycles. The molecular formula is C62H51N4Pt-3. The first-order valence-electron chi connectivity index (χ1n) is 27.9. The molecule has 2 aromatic heterocycles. The van der Waals surface area contributed by atoms with Crippen LogP contribution in [0, 0.1) is 18.8 Å². The van der Waals surface area contributed by atoms with Gasteiger partial charge in [0.05, 0.1) is 13.7 Å². The van der Waals surface area contributed by atoms with Crippen LogP contribution < -0.4 is 9.80 Å². The zero-order valence-electron chi connectivity index (χ0n) is 49.5. The van der Waals surface area contributed by atoms with E-state index in [0.29, 0.717) is 28.4 Å². The molecule has 0 bridgehead atoms. The SMILES string of the molecule is [2H]c1c([2H])c([2H])c(-c2cccc(-c3c([2H])c([2H])c([2H])c([2H])c3[2H])c2N2[CH-]N(c3[c-]c(C([2H])([2H])c4[c-]c5c(cc4)c4ccccc4n5-c4cc(C(C)(C)c5ccccc5)ccn4)cc(C(C)(C)C)c3)c3ccccc32)c([2H])c1[2H].[Pt]. The third kappa shape index (κ3) is 8.08. The first-order valence-corrected chi connectivity index (χ1v) is 21.9. The van der Waals surface area contributed by atoms with Crippen LogP contribution in [-0.2, 0) is 38.3 Å². The molecule has 10 aromatic rings. The van der Waals surface area contributed by atoms with E-state index in [9.17, 15) is 2.74 Å². The van der Waals surface area contributed by atoms with Crippen molar-refractivity contribution in [3.8, 4) is 28.1 Å². The van der Waals surface area contributed by atoms with Gasteiger partial charge in [0.2, 0.25) is 0 Å². The third-order valence-corrected chi connectivity index (χ3v) is 12.5. The second-order valence-corrected chi connectivity index (χ2v) is 18.0. The van der Waals surface area contributed by atoms with Crippen LogP contribution in [-0.4, -0.2) is 9.55 Å². The smallest absolute Gasteiger partial charge is 0.135 e. The van der Waals surface area contributed by atoms with E-state index in [1.165, 1.54) is 0 Å². The molecule has 0 amide bonds. The molecule has 5 heteroatoms. The molecule has 3 heterocycles. The molecule has 4 nitrogen and oxygen atoms in total. The Morgan fingerprint density at radius 3 is 1.91 bits per heavy atom. The van der Waals surface area contributed by atoms with E-state index in [1.807, 2.05) is 121 Å². The second kappa shape index (κ2) is 17.7. The molecule has 11 rings (SSSR count). The fourth-order valence-corrected chi connectivity index (χ4v) is 8.94. The topological polar surface area (TPSA) is 24.3 Å². The van der Waals surface area contributed by atoms with E-state index >= 15 is 0 Å². The Morgan fingerprint density at radius 2 is 1.22 bits per heavy atom. The van der Waals surface area contributed by atoms with Crippen molar-refractivity contribution < 1.29 is 37.5 Å². The quantitative estimate of drug-likeness (QED) is 0.135. The number of para-hydroxylation sites is 4. The van der Waals surface area contributed by atoms with Crippen molar-refractivity contribution in [1.82, 2.24) is 9.55 Å². The molecule has 0 aliphatic carbocycles. The van der Waals surface area contributed by atoms with Crippen molar-refractivity contribution in [2.24, 2.45) is 0 Å². The number of nitrogens with zero attached hydrogens (tertiary/aromatic N) is 4. The second-order valence-electron chi connectivity index (χ2n) is 18.0. The maximum Gasteiger partial charge on any atom is 0.135 e. The number of aromatic nitrogens is 2. The van der Waals surface area contributed by atoms with Crippen molar-refractivity contribution in [3.05, 3.63) is 247 Å². The predicted molar refractivity (Wildman–Crippen MR) is 275 cm³/mol. The molecule has 0 N–H and O–H groups in total. The van der Waals surface area contributed by atoms with Gasteiger partial charge in [0.1, 0.15) is 5.82 Å². The molecule has 8 aromatic carbocycles. The van der Waals surface area contributed by atoms with Crippen LogP contribution in [0.2, 0.25) is 0 Å². The van der Waals surface area contributed by atoms with Gasteiger partial charge in [0.25, 0.3) is 0 Å². The summed E-state index contributed by atoms with van der Waals surface area (Å²) in [6, 6.07) is 43.6. The van der Waals surface area contributed by atoms with E-state index in [4.69, 9.17) is 18.7 Å². The monoisotopic (exact) mass is 1060 g/mol. The van der Waals surface area contributed by atoms with E-state index in [2.05, 4.69) is 44.2 Å². The normalized spacial score (nSPS) is 15.4. The maximum absolute atomic E-state index is 10.1. The van der Waals surface area contributed by atoms with Crippen LogP contribution in [0.3, 0.4) is 0 Å². The first-order chi connectivity index (χ1) is 37.0. The summed E-state index contributed by atoms with van der Waals surface area (Å²) in [4.78, 5) is 8.46. The number of benzene rings is 8. The van der Waals surface area contributed by atoms with E-state index in [-0.39, 0.29) is 65.5 Å². The van der Waals surface area contributed by atoms with Gasteiger partial charge in [0, 0.05) is 69.1 Å². The van der Waals surface area contributed by atoms with Crippen LogP contribution in [0.15, 0.2) is 200 Å². The molecule has 332 valence electrons. The number of anilines is 4. The van der Waals surface area contributed by atoms with Gasteiger partial charge in [-0.3, -0.25) is 0 Å². The Kier molecular flexibility index (Phi) is 8.39. The van der Waals surface area contributed by atoms with Gasteiger partial charge >= 0.3 is 0 Å². The van der Waals surface area contributed by atoms with Gasteiger partial charge in [0.15, 0.2) is 0 Å². The van der Waals surface area contributed by atoms with Gasteiger partial charge < -0.3 is 14.4 Å². The van der Waals surface area contributed by atoms with Crippen LogP contribution >= 0.6 is 0 Å². The summed E-state index contributed by atoms with van der Waals surface area (Å²) in [6.07, 6.45) is -0.385. The minimum absolute atomic E-state index is 0. The molecule has 0 saturated carbocycles. The number of rotatable bonds is 9. The zero-order valence-corrected chi connectivity index (χ0v) is 39.7. The number of pyridine rings is 1.